The normalized spacial score (nSPS) is 19.4. The van der Waals surface area contributed by atoms with Gasteiger partial charge in [0.25, 0.3) is 5.91 Å². The number of amides is 2. The van der Waals surface area contributed by atoms with Gasteiger partial charge in [0.1, 0.15) is 17.1 Å². The Kier molecular flexibility index (Phi) is 7.11. The van der Waals surface area contributed by atoms with Crippen molar-refractivity contribution in [2.24, 2.45) is 0 Å². The van der Waals surface area contributed by atoms with Crippen LogP contribution in [0.25, 0.3) is 6.08 Å². The molecule has 1 aromatic heterocycles. The first kappa shape index (κ1) is 24.7. The fraction of sp³-hybridized carbons (Fsp3) is 0.190. The molecule has 0 aliphatic carbocycles. The molecule has 2 aliphatic heterocycles. The molecule has 1 saturated heterocycles. The van der Waals surface area contributed by atoms with Gasteiger partial charge in [-0.2, -0.15) is 0 Å². The number of carbonyl (C=O) groups excluding carboxylic acids is 3. The van der Waals surface area contributed by atoms with Crippen molar-refractivity contribution in [3.63, 3.8) is 0 Å². The summed E-state index contributed by atoms with van der Waals surface area (Å²) in [6, 6.07) is 6.26. The molecular formula is C21H18N4O8S2-2. The van der Waals surface area contributed by atoms with Gasteiger partial charge in [-0.25, -0.2) is 0 Å². The molecular weight excluding hydrogens is 500 g/mol. The van der Waals surface area contributed by atoms with E-state index in [1.165, 1.54) is 47.4 Å². The number of nitrogens with zero attached hydrogens (tertiary/aromatic N) is 3. The summed E-state index contributed by atoms with van der Waals surface area (Å²) in [6.07, 6.45) is 2.85. The number of nitrogens with one attached hydrogen (secondary N) is 1. The second-order valence-electron chi connectivity index (χ2n) is 7.51. The van der Waals surface area contributed by atoms with Gasteiger partial charge in [-0.15, -0.1) is 28.3 Å². The minimum atomic E-state index is -1.57. The van der Waals surface area contributed by atoms with Gasteiger partial charge < -0.3 is 25.7 Å². The molecule has 14 heteroatoms. The maximum atomic E-state index is 12.7. The molecule has 1 aromatic carbocycles. The standard InChI is InChI=1S/C21H19N4O8S2/c26-16(9-14-2-1-7-34-14)22-17-19(27)23-18(21(28)29)12(10-35-20(17)23)4-3-11-5-6-13(24(30)31)8-15(11)25(32)33/h1-8,17,20,30,32-33H,9-10H2,(H,22,26)(H,28,29)/q-1/p-1/b4-3+/t17-,20-/m1/s1. The molecule has 3 heterocycles. The van der Waals surface area contributed by atoms with E-state index in [2.05, 4.69) is 5.32 Å². The van der Waals surface area contributed by atoms with E-state index < -0.39 is 28.5 Å². The minimum absolute atomic E-state index is 0.115. The van der Waals surface area contributed by atoms with Crippen LogP contribution in [0.4, 0.5) is 11.4 Å². The van der Waals surface area contributed by atoms with Crippen LogP contribution in [0.5, 0.6) is 0 Å². The zero-order valence-corrected chi connectivity index (χ0v) is 19.4. The number of carboxylic acids is 1. The third-order valence-electron chi connectivity index (χ3n) is 5.34. The van der Waals surface area contributed by atoms with Crippen molar-refractivity contribution in [3.8, 4) is 0 Å². The number of benzene rings is 1. The Hall–Kier alpha value is -3.40. The average molecular weight is 519 g/mol. The summed E-state index contributed by atoms with van der Waals surface area (Å²) >= 11 is 2.67. The molecule has 0 unspecified atom stereocenters. The number of hydrogen-bond acceptors (Lipinski definition) is 12. The van der Waals surface area contributed by atoms with Gasteiger partial charge in [-0.05, 0) is 29.2 Å². The predicted molar refractivity (Wildman–Crippen MR) is 124 cm³/mol. The number of fused-ring (bicyclic) bond motifs is 1. The number of thiophene rings is 1. The van der Waals surface area contributed by atoms with Crippen molar-refractivity contribution in [1.29, 1.82) is 0 Å². The van der Waals surface area contributed by atoms with Crippen molar-refractivity contribution in [1.82, 2.24) is 10.2 Å². The molecule has 184 valence electrons. The lowest BCUT2D eigenvalue weighted by molar-refractivity contribution is -0.301. The molecule has 4 rings (SSSR count). The van der Waals surface area contributed by atoms with E-state index in [1.807, 2.05) is 11.4 Å². The molecule has 2 atom stereocenters. The monoisotopic (exact) mass is 518 g/mol. The molecule has 2 amide bonds. The average Bonchev–Trinajstić information content (AvgIpc) is 3.33. The van der Waals surface area contributed by atoms with E-state index >= 15 is 0 Å². The van der Waals surface area contributed by atoms with Crippen molar-refractivity contribution < 1.29 is 35.1 Å². The lowest BCUT2D eigenvalue weighted by atomic mass is 10.0. The lowest BCUT2D eigenvalue weighted by Crippen LogP contribution is -2.71. The maximum Gasteiger partial charge on any atom is 0.253 e. The summed E-state index contributed by atoms with van der Waals surface area (Å²) < 4.78 is 0. The van der Waals surface area contributed by atoms with E-state index in [9.17, 15) is 35.1 Å². The molecule has 0 saturated carbocycles. The number of aliphatic carboxylic acids is 1. The molecule has 0 radical (unpaired) electrons. The summed E-state index contributed by atoms with van der Waals surface area (Å²) in [7, 11) is 0. The van der Waals surface area contributed by atoms with Gasteiger partial charge in [0.15, 0.2) is 0 Å². The second-order valence-corrected chi connectivity index (χ2v) is 9.65. The Labute approximate surface area is 206 Å². The highest BCUT2D eigenvalue weighted by Gasteiger charge is 2.52. The topological polar surface area (TPSA) is 180 Å². The van der Waals surface area contributed by atoms with Crippen LogP contribution in [0.15, 0.2) is 53.1 Å². The Balaban J connectivity index is 1.54. The maximum absolute atomic E-state index is 12.7. The van der Waals surface area contributed by atoms with E-state index in [4.69, 9.17) is 5.21 Å². The number of carboxylic acid groups (broad SMARTS) is 1. The highest BCUT2D eigenvalue weighted by Crippen LogP contribution is 2.40. The molecule has 35 heavy (non-hydrogen) atoms. The van der Waals surface area contributed by atoms with E-state index in [1.54, 1.807) is 6.07 Å². The molecule has 4 N–H and O–H groups in total. The highest BCUT2D eigenvalue weighted by molar-refractivity contribution is 8.00. The first-order valence-electron chi connectivity index (χ1n) is 10.0. The molecule has 12 nitrogen and oxygen atoms in total. The molecule has 0 bridgehead atoms. The van der Waals surface area contributed by atoms with Crippen LogP contribution in [0, 0.1) is 5.21 Å². The number of carbonyl (C=O) groups is 3. The zero-order valence-electron chi connectivity index (χ0n) is 17.7. The number of thioether (sulfide) groups is 1. The van der Waals surface area contributed by atoms with Crippen LogP contribution in [-0.4, -0.2) is 55.5 Å². The van der Waals surface area contributed by atoms with Gasteiger partial charge in [-0.1, -0.05) is 24.3 Å². The van der Waals surface area contributed by atoms with Gasteiger partial charge in [0.05, 0.1) is 23.8 Å². The third-order valence-corrected chi connectivity index (χ3v) is 7.52. The number of rotatable bonds is 8. The van der Waals surface area contributed by atoms with Crippen molar-refractivity contribution >= 4 is 58.3 Å². The van der Waals surface area contributed by atoms with E-state index in [0.717, 1.165) is 15.8 Å². The lowest BCUT2D eigenvalue weighted by Gasteiger charge is -2.50. The van der Waals surface area contributed by atoms with Crippen molar-refractivity contribution in [3.05, 3.63) is 68.7 Å². The number of allylic oxidation sites excluding steroid dienone is 1. The molecule has 1 fully saturated rings. The van der Waals surface area contributed by atoms with Gasteiger partial charge in [0, 0.05) is 16.2 Å². The summed E-state index contributed by atoms with van der Waals surface area (Å²) in [6.45, 7) is 0. The SMILES string of the molecule is O=C(Cc1cccs1)N[C@@H]1C(=O)N2C(C(=O)[O-])=C(/C=C/c3ccc(N([O-])O)cc3N(O)O)CS[C@H]12. The van der Waals surface area contributed by atoms with E-state index in [0.29, 0.717) is 0 Å². The van der Waals surface area contributed by atoms with Crippen LogP contribution in [-0.2, 0) is 20.8 Å². The van der Waals surface area contributed by atoms with Gasteiger partial charge in [-0.3, -0.25) is 30.1 Å². The Morgan fingerprint density at radius 2 is 2.00 bits per heavy atom. The predicted octanol–water partition coefficient (Wildman–Crippen LogP) is 0.686. The number of hydrogen-bond donors (Lipinski definition) is 4. The largest absolute Gasteiger partial charge is 0.733 e. The fourth-order valence-corrected chi connectivity index (χ4v) is 5.73. The third kappa shape index (κ3) is 5.02. The number of anilines is 2. The molecule has 2 aliphatic rings. The highest BCUT2D eigenvalue weighted by atomic mass is 32.2. The second kappa shape index (κ2) is 10.1. The van der Waals surface area contributed by atoms with Crippen LogP contribution >= 0.6 is 23.1 Å². The fourth-order valence-electron chi connectivity index (χ4n) is 3.71. The van der Waals surface area contributed by atoms with Crippen molar-refractivity contribution in [2.45, 2.75) is 17.8 Å². The molecule has 2 aromatic rings. The summed E-state index contributed by atoms with van der Waals surface area (Å²) in [5, 5.41) is 54.0. The quantitative estimate of drug-likeness (QED) is 0.285. The Morgan fingerprint density at radius 1 is 1.23 bits per heavy atom. The summed E-state index contributed by atoms with van der Waals surface area (Å²) in [5.41, 5.74) is -0.476. The molecule has 0 spiro atoms. The Morgan fingerprint density at radius 3 is 2.63 bits per heavy atom. The summed E-state index contributed by atoms with van der Waals surface area (Å²) in [4.78, 5) is 38.8. The van der Waals surface area contributed by atoms with Crippen LogP contribution < -0.4 is 20.9 Å². The van der Waals surface area contributed by atoms with E-state index in [-0.39, 0.29) is 51.5 Å². The van der Waals surface area contributed by atoms with Gasteiger partial charge >= 0.3 is 0 Å². The van der Waals surface area contributed by atoms with Crippen molar-refractivity contribution in [2.75, 3.05) is 16.2 Å². The van der Waals surface area contributed by atoms with Gasteiger partial charge in [0.2, 0.25) is 5.91 Å². The minimum Gasteiger partial charge on any atom is -0.733 e. The van der Waals surface area contributed by atoms with Crippen LogP contribution in [0.3, 0.4) is 0 Å². The number of β-lactam (4-membered cyclic amide) rings is 1. The van der Waals surface area contributed by atoms with Crippen LogP contribution in [0.1, 0.15) is 10.4 Å². The smallest absolute Gasteiger partial charge is 0.253 e. The summed E-state index contributed by atoms with van der Waals surface area (Å²) in [5.74, 6) is -2.32. The Bertz CT molecular complexity index is 1210. The zero-order chi connectivity index (χ0) is 25.3. The first-order chi connectivity index (χ1) is 16.7. The first-order valence-corrected chi connectivity index (χ1v) is 12.0. The van der Waals surface area contributed by atoms with Crippen LogP contribution in [0.2, 0.25) is 0 Å².